The summed E-state index contributed by atoms with van der Waals surface area (Å²) in [6.45, 7) is -2.18. The number of nitrogens with two attached hydrogens (primary N) is 2. The predicted molar refractivity (Wildman–Crippen MR) is 164 cm³/mol. The maximum atomic E-state index is 12.5. The summed E-state index contributed by atoms with van der Waals surface area (Å²) >= 11 is 0. The zero-order chi connectivity index (χ0) is 38.1. The van der Waals surface area contributed by atoms with Gasteiger partial charge in [-0.3, -0.25) is 37.7 Å². The summed E-state index contributed by atoms with van der Waals surface area (Å²) in [6.07, 6.45) is -11.0. The Morgan fingerprint density at radius 1 is 0.846 bits per heavy atom. The molecule has 52 heavy (non-hydrogen) atoms. The number of aryl methyl sites for hydroxylation is 1. The molecule has 0 amide bonds. The molecule has 0 spiro atoms. The lowest BCUT2D eigenvalue weighted by Gasteiger charge is -2.21. The molecule has 0 saturated carbocycles. The minimum Gasteiger partial charge on any atom is -0.387 e. The van der Waals surface area contributed by atoms with Crippen LogP contribution in [-0.2, 0) is 47.9 Å². The molecule has 0 bridgehead atoms. The number of aromatic nitrogens is 8. The van der Waals surface area contributed by atoms with Crippen molar-refractivity contribution in [2.24, 2.45) is 7.05 Å². The number of phosphoric acid groups is 3. The van der Waals surface area contributed by atoms with E-state index in [1.807, 2.05) is 0 Å². The van der Waals surface area contributed by atoms with Crippen molar-refractivity contribution in [1.29, 1.82) is 0 Å². The first-order valence-corrected chi connectivity index (χ1v) is 18.9. The molecule has 0 aromatic carbocycles. The average molecular weight is 803 g/mol. The Morgan fingerprint density at radius 2 is 1.40 bits per heavy atom. The zero-order valence-electron chi connectivity index (χ0n) is 26.0. The van der Waals surface area contributed by atoms with Gasteiger partial charge in [-0.05, 0) is 0 Å². The quantitative estimate of drug-likeness (QED) is 0.0474. The van der Waals surface area contributed by atoms with Crippen LogP contribution in [0.1, 0.15) is 12.5 Å². The highest BCUT2D eigenvalue weighted by Gasteiger charge is 2.50. The average Bonchev–Trinajstić information content (AvgIpc) is 3.74. The minimum absolute atomic E-state index is 0.00983. The summed E-state index contributed by atoms with van der Waals surface area (Å²) in [4.78, 5) is 70.6. The summed E-state index contributed by atoms with van der Waals surface area (Å²) in [5, 5.41) is 42.0. The summed E-state index contributed by atoms with van der Waals surface area (Å²) < 4.78 is 69.1. The molecule has 28 nitrogen and oxygen atoms in total. The number of rotatable bonds is 12. The molecule has 2 fully saturated rings. The highest BCUT2D eigenvalue weighted by Crippen LogP contribution is 2.67. The summed E-state index contributed by atoms with van der Waals surface area (Å²) in [7, 11) is -15.9. The van der Waals surface area contributed by atoms with Gasteiger partial charge in [0.15, 0.2) is 23.7 Å². The molecule has 286 valence electrons. The topological polar surface area (TPSA) is 418 Å². The lowest BCUT2D eigenvalue weighted by atomic mass is 10.1. The monoisotopic (exact) mass is 803 g/mol. The number of H-pyrrole nitrogens is 2. The number of nitrogens with zero attached hydrogens (tertiary/aromatic N) is 6. The molecule has 2 aliphatic rings. The molecule has 31 heteroatoms. The fourth-order valence-electron chi connectivity index (χ4n) is 5.44. The van der Waals surface area contributed by atoms with E-state index >= 15 is 0 Å². The summed E-state index contributed by atoms with van der Waals surface area (Å²) in [6, 6.07) is 0. The lowest BCUT2D eigenvalue weighted by molar-refractivity contribution is -0.745. The number of anilines is 2. The largest absolute Gasteiger partial charge is 0.490 e. The van der Waals surface area contributed by atoms with E-state index in [2.05, 4.69) is 42.6 Å². The first kappa shape index (κ1) is 38.2. The van der Waals surface area contributed by atoms with E-state index in [1.54, 1.807) is 0 Å². The van der Waals surface area contributed by atoms with Crippen LogP contribution in [0.4, 0.5) is 11.9 Å². The summed E-state index contributed by atoms with van der Waals surface area (Å²) in [5.41, 5.74) is 9.37. The number of nitrogen functional groups attached to an aromatic ring is 2. The molecule has 2 aliphatic heterocycles. The van der Waals surface area contributed by atoms with Crippen molar-refractivity contribution in [3.8, 4) is 0 Å². The van der Waals surface area contributed by atoms with E-state index < -0.39 is 96.9 Å². The molecule has 13 N–H and O–H groups in total. The molecule has 6 heterocycles. The van der Waals surface area contributed by atoms with Crippen LogP contribution in [0.25, 0.3) is 22.3 Å². The summed E-state index contributed by atoms with van der Waals surface area (Å²) in [5.74, 6) is -0.590. The number of aliphatic hydroxyl groups excluding tert-OH is 4. The number of ether oxygens (including phenoxy) is 2. The van der Waals surface area contributed by atoms with Crippen molar-refractivity contribution in [3.63, 3.8) is 0 Å². The van der Waals surface area contributed by atoms with Gasteiger partial charge < -0.3 is 56.0 Å². The van der Waals surface area contributed by atoms with E-state index in [0.717, 1.165) is 15.5 Å². The van der Waals surface area contributed by atoms with Gasteiger partial charge in [0.05, 0.1) is 26.6 Å². The second-order valence-electron chi connectivity index (χ2n) is 11.3. The number of nitrogens with one attached hydrogen (secondary N) is 2. The third-order valence-corrected chi connectivity index (χ3v) is 11.9. The molecule has 0 aliphatic carbocycles. The first-order valence-electron chi connectivity index (χ1n) is 14.4. The van der Waals surface area contributed by atoms with E-state index in [-0.39, 0.29) is 34.2 Å². The van der Waals surface area contributed by atoms with E-state index in [4.69, 9.17) is 20.9 Å². The molecule has 4 aromatic rings. The van der Waals surface area contributed by atoms with Gasteiger partial charge in [-0.2, -0.15) is 13.6 Å². The lowest BCUT2D eigenvalue weighted by Crippen LogP contribution is -2.46. The number of imidazole rings is 2. The van der Waals surface area contributed by atoms with Crippen LogP contribution in [0.2, 0.25) is 0 Å². The third kappa shape index (κ3) is 7.46. The van der Waals surface area contributed by atoms with Crippen LogP contribution >= 0.6 is 23.5 Å². The number of fused-ring (bicyclic) bond motifs is 2. The normalized spacial score (nSPS) is 30.1. The van der Waals surface area contributed by atoms with Crippen molar-refractivity contribution >= 4 is 57.7 Å². The Labute approximate surface area is 286 Å². The SMILES string of the molecule is Cn1c[n+](C2OC(COP(=O)(O)OP(=O)(O)OP(=O)(O)OCC3OC(n4cnc5c(=O)[nH]c(N)nc54)[C@H](O)[C@@H]3O)[C@@H](O)[C@@H]2O)c2nc(N)[nH]c(=O)c21. The Bertz CT molecular complexity index is 2280. The van der Waals surface area contributed by atoms with E-state index in [1.165, 1.54) is 17.9 Å². The van der Waals surface area contributed by atoms with Crippen LogP contribution in [0.5, 0.6) is 0 Å². The van der Waals surface area contributed by atoms with Crippen LogP contribution in [0.15, 0.2) is 22.2 Å². The van der Waals surface area contributed by atoms with Crippen LogP contribution in [-0.4, -0.2) is 119 Å². The highest BCUT2D eigenvalue weighted by atomic mass is 31.3. The number of hydrogen-bond acceptors (Lipinski definition) is 20. The van der Waals surface area contributed by atoms with Gasteiger partial charge >= 0.3 is 29.1 Å². The molecule has 2 saturated heterocycles. The van der Waals surface area contributed by atoms with Crippen molar-refractivity contribution in [1.82, 2.24) is 34.1 Å². The molecule has 6 rings (SSSR count). The molecular weight excluding hydrogens is 773 g/mol. The zero-order valence-corrected chi connectivity index (χ0v) is 28.7. The Balaban J connectivity index is 1.05. The number of hydrogen-bond donors (Lipinski definition) is 11. The van der Waals surface area contributed by atoms with Crippen LogP contribution in [0.3, 0.4) is 0 Å². The standard InChI is InChI=1S/C21H29N10O18P3/c1-29-5-31(15-9(29)17(37)28-21(23)26-15)19-13(35)11(33)7(47-19)3-45-51(40,41)49-52(42,43)48-50(38,39)44-2-6-10(32)12(34)18(46-6)30-4-24-8-14(30)25-20(22)27-16(8)36/h4-7,10-13,18-19,32-35H,2-3H2,1H3,(H8-,22,23,25,26,27,28,36,37,38,39,40,41,42,43)/p+1/t6?,7?,10-,11-,12-,13+,18?,19?/m1/s1. The minimum atomic E-state index is -6.00. The van der Waals surface area contributed by atoms with Crippen LogP contribution < -0.4 is 27.2 Å². The van der Waals surface area contributed by atoms with Gasteiger partial charge in [0.2, 0.25) is 17.7 Å². The molecule has 4 aromatic heterocycles. The molecule has 7 unspecified atom stereocenters. The number of phosphoric ester groups is 2. The third-order valence-electron chi connectivity index (χ3n) is 7.68. The fraction of sp³-hybridized carbons (Fsp3) is 0.524. The van der Waals surface area contributed by atoms with Gasteiger partial charge in [-0.25, -0.2) is 23.2 Å². The van der Waals surface area contributed by atoms with Crippen molar-refractivity contribution in [2.75, 3.05) is 24.7 Å². The highest BCUT2D eigenvalue weighted by molar-refractivity contribution is 7.66. The van der Waals surface area contributed by atoms with Gasteiger partial charge in [0.1, 0.15) is 36.6 Å². The molecule has 0 radical (unpaired) electrons. The Hall–Kier alpha value is -3.53. The van der Waals surface area contributed by atoms with E-state index in [0.29, 0.717) is 0 Å². The molecular formula is C21H30N10O18P3+. The Morgan fingerprint density at radius 3 is 2.04 bits per heavy atom. The maximum absolute atomic E-state index is 12.5. The second kappa shape index (κ2) is 13.7. The Kier molecular flexibility index (Phi) is 10.1. The van der Waals surface area contributed by atoms with Crippen LogP contribution in [0, 0.1) is 0 Å². The smallest absolute Gasteiger partial charge is 0.387 e. The first-order chi connectivity index (χ1) is 24.2. The second-order valence-corrected chi connectivity index (χ2v) is 15.9. The van der Waals surface area contributed by atoms with Crippen molar-refractivity contribution in [2.45, 2.75) is 49.1 Å². The van der Waals surface area contributed by atoms with Gasteiger partial charge in [-0.1, -0.05) is 4.98 Å². The van der Waals surface area contributed by atoms with Gasteiger partial charge in [0, 0.05) is 0 Å². The van der Waals surface area contributed by atoms with Crippen molar-refractivity contribution in [3.05, 3.63) is 33.4 Å². The van der Waals surface area contributed by atoms with Gasteiger partial charge in [0.25, 0.3) is 17.1 Å². The predicted octanol–water partition coefficient (Wildman–Crippen LogP) is -4.55. The number of aliphatic hydroxyl groups is 4. The maximum Gasteiger partial charge on any atom is 0.490 e. The molecule has 11 atom stereocenters. The van der Waals surface area contributed by atoms with E-state index in [9.17, 15) is 58.4 Å². The fourth-order valence-corrected chi connectivity index (χ4v) is 8.96. The van der Waals surface area contributed by atoms with Gasteiger partial charge in [-0.15, -0.1) is 0 Å². The van der Waals surface area contributed by atoms with Crippen molar-refractivity contribution < 1.29 is 80.5 Å². The number of aromatic amines is 2.